The van der Waals surface area contributed by atoms with E-state index in [1.807, 2.05) is 44.2 Å². The van der Waals surface area contributed by atoms with Crippen LogP contribution in [0.15, 0.2) is 66.2 Å². The average Bonchev–Trinajstić information content (AvgIpc) is 2.55. The minimum absolute atomic E-state index is 0.195. The summed E-state index contributed by atoms with van der Waals surface area (Å²) in [5.41, 5.74) is 3.04. The number of amides is 2. The van der Waals surface area contributed by atoms with Gasteiger partial charge in [0.25, 0.3) is 5.91 Å². The fourth-order valence-electron chi connectivity index (χ4n) is 2.28. The highest BCUT2D eigenvalue weighted by Crippen LogP contribution is 2.15. The summed E-state index contributed by atoms with van der Waals surface area (Å²) in [4.78, 5) is 24.3. The van der Waals surface area contributed by atoms with Crippen molar-refractivity contribution < 1.29 is 9.59 Å². The molecule has 0 aliphatic carbocycles. The maximum atomic E-state index is 12.4. The van der Waals surface area contributed by atoms with E-state index in [1.165, 1.54) is 11.6 Å². The van der Waals surface area contributed by atoms with Crippen molar-refractivity contribution in [3.8, 4) is 0 Å². The van der Waals surface area contributed by atoms with Gasteiger partial charge in [-0.25, -0.2) is 0 Å². The van der Waals surface area contributed by atoms with E-state index in [0.29, 0.717) is 17.8 Å². The molecule has 0 saturated heterocycles. The molecule has 124 valence electrons. The van der Waals surface area contributed by atoms with Crippen LogP contribution in [-0.4, -0.2) is 18.4 Å². The molecule has 2 N–H and O–H groups in total. The lowest BCUT2D eigenvalue weighted by Crippen LogP contribution is -2.27. The van der Waals surface area contributed by atoms with Crippen molar-refractivity contribution >= 4 is 17.5 Å². The highest BCUT2D eigenvalue weighted by Gasteiger charge is 2.11. The van der Waals surface area contributed by atoms with Crippen LogP contribution in [0.4, 0.5) is 5.69 Å². The van der Waals surface area contributed by atoms with Crippen molar-refractivity contribution in [2.75, 3.05) is 11.9 Å². The highest BCUT2D eigenvalue weighted by molar-refractivity contribution is 6.06. The van der Waals surface area contributed by atoms with Gasteiger partial charge in [-0.2, -0.15) is 0 Å². The number of allylic oxidation sites excluding steroid dienone is 1. The van der Waals surface area contributed by atoms with E-state index < -0.39 is 0 Å². The SMILES string of the molecule is CC(C)=CC(=O)Nc1ccccc1C(=O)NCCc1ccccc1. The van der Waals surface area contributed by atoms with Crippen LogP contribution in [0, 0.1) is 0 Å². The zero-order valence-electron chi connectivity index (χ0n) is 14.0. The molecule has 4 heteroatoms. The molecule has 0 radical (unpaired) electrons. The zero-order chi connectivity index (χ0) is 17.4. The number of carbonyl (C=O) groups excluding carboxylic acids is 2. The van der Waals surface area contributed by atoms with E-state index in [1.54, 1.807) is 24.3 Å². The summed E-state index contributed by atoms with van der Waals surface area (Å²) in [5.74, 6) is -0.432. The van der Waals surface area contributed by atoms with E-state index in [9.17, 15) is 9.59 Å². The van der Waals surface area contributed by atoms with Crippen molar-refractivity contribution in [2.45, 2.75) is 20.3 Å². The van der Waals surface area contributed by atoms with Crippen LogP contribution in [0.5, 0.6) is 0 Å². The Labute approximate surface area is 142 Å². The van der Waals surface area contributed by atoms with E-state index in [4.69, 9.17) is 0 Å². The first kappa shape index (κ1) is 17.5. The maximum Gasteiger partial charge on any atom is 0.253 e. The van der Waals surface area contributed by atoms with Gasteiger partial charge in [0.05, 0.1) is 11.3 Å². The summed E-state index contributed by atoms with van der Waals surface area (Å²) >= 11 is 0. The molecular weight excluding hydrogens is 300 g/mol. The third kappa shape index (κ3) is 5.39. The number of para-hydroxylation sites is 1. The molecular formula is C20H22N2O2. The minimum Gasteiger partial charge on any atom is -0.352 e. The Kier molecular flexibility index (Phi) is 6.32. The summed E-state index contributed by atoms with van der Waals surface area (Å²) < 4.78 is 0. The van der Waals surface area contributed by atoms with Crippen molar-refractivity contribution in [3.63, 3.8) is 0 Å². The van der Waals surface area contributed by atoms with Gasteiger partial charge >= 0.3 is 0 Å². The molecule has 24 heavy (non-hydrogen) atoms. The van der Waals surface area contributed by atoms with Crippen LogP contribution >= 0.6 is 0 Å². The molecule has 0 unspecified atom stereocenters. The largest absolute Gasteiger partial charge is 0.352 e. The second-order valence-electron chi connectivity index (χ2n) is 5.75. The topological polar surface area (TPSA) is 58.2 Å². The first-order valence-corrected chi connectivity index (χ1v) is 7.93. The maximum absolute atomic E-state index is 12.4. The Morgan fingerprint density at radius 1 is 0.958 bits per heavy atom. The molecule has 0 saturated carbocycles. The second kappa shape index (κ2) is 8.67. The van der Waals surface area contributed by atoms with Crippen LogP contribution < -0.4 is 10.6 Å². The van der Waals surface area contributed by atoms with Crippen LogP contribution in [0.25, 0.3) is 0 Å². The number of benzene rings is 2. The molecule has 0 spiro atoms. The molecule has 2 aromatic carbocycles. The number of hydrogen-bond donors (Lipinski definition) is 2. The lowest BCUT2D eigenvalue weighted by molar-refractivity contribution is -0.111. The van der Waals surface area contributed by atoms with Gasteiger partial charge in [0.1, 0.15) is 0 Å². The Morgan fingerprint density at radius 3 is 2.33 bits per heavy atom. The molecule has 0 bridgehead atoms. The lowest BCUT2D eigenvalue weighted by atomic mass is 10.1. The molecule has 0 aliphatic heterocycles. The van der Waals surface area contributed by atoms with E-state index in [0.717, 1.165) is 12.0 Å². The molecule has 4 nitrogen and oxygen atoms in total. The third-order valence-corrected chi connectivity index (χ3v) is 3.39. The zero-order valence-corrected chi connectivity index (χ0v) is 14.0. The fourth-order valence-corrected chi connectivity index (χ4v) is 2.28. The van der Waals surface area contributed by atoms with Gasteiger partial charge in [0.15, 0.2) is 0 Å². The first-order chi connectivity index (χ1) is 11.6. The molecule has 2 amide bonds. The van der Waals surface area contributed by atoms with Gasteiger partial charge in [0.2, 0.25) is 5.91 Å². The Hall–Kier alpha value is -2.88. The monoisotopic (exact) mass is 322 g/mol. The molecule has 2 aromatic rings. The Balaban J connectivity index is 1.99. The van der Waals surface area contributed by atoms with Gasteiger partial charge in [-0.15, -0.1) is 0 Å². The van der Waals surface area contributed by atoms with Gasteiger partial charge in [-0.1, -0.05) is 48.0 Å². The summed E-state index contributed by atoms with van der Waals surface area (Å²) in [6, 6.07) is 17.0. The normalized spacial score (nSPS) is 9.92. The standard InChI is InChI=1S/C20H22N2O2/c1-15(2)14-19(23)22-18-11-7-6-10-17(18)20(24)21-13-12-16-8-4-3-5-9-16/h3-11,14H,12-13H2,1-2H3,(H,21,24)(H,22,23). The van der Waals surface area contributed by atoms with Crippen LogP contribution in [0.2, 0.25) is 0 Å². The predicted octanol–water partition coefficient (Wildman–Crippen LogP) is 3.56. The number of rotatable bonds is 6. The van der Waals surface area contributed by atoms with Gasteiger partial charge in [0, 0.05) is 12.6 Å². The van der Waals surface area contributed by atoms with Gasteiger partial charge < -0.3 is 10.6 Å². The average molecular weight is 322 g/mol. The summed E-state index contributed by atoms with van der Waals surface area (Å²) in [6.45, 7) is 4.24. The van der Waals surface area contributed by atoms with Crippen LogP contribution in [-0.2, 0) is 11.2 Å². The van der Waals surface area contributed by atoms with Crippen molar-refractivity contribution in [1.82, 2.24) is 5.32 Å². The van der Waals surface area contributed by atoms with Crippen molar-refractivity contribution in [2.24, 2.45) is 0 Å². The van der Waals surface area contributed by atoms with Crippen molar-refractivity contribution in [3.05, 3.63) is 77.4 Å². The molecule has 0 aliphatic rings. The summed E-state index contributed by atoms with van der Waals surface area (Å²) in [5, 5.41) is 5.65. The second-order valence-corrected chi connectivity index (χ2v) is 5.75. The lowest BCUT2D eigenvalue weighted by Gasteiger charge is -2.10. The predicted molar refractivity (Wildman–Crippen MR) is 97.0 cm³/mol. The number of anilines is 1. The fraction of sp³-hybridized carbons (Fsp3) is 0.200. The quantitative estimate of drug-likeness (QED) is 0.799. The molecule has 0 aromatic heterocycles. The highest BCUT2D eigenvalue weighted by atomic mass is 16.2. The molecule has 2 rings (SSSR count). The summed E-state index contributed by atoms with van der Waals surface area (Å²) in [6.07, 6.45) is 2.27. The first-order valence-electron chi connectivity index (χ1n) is 7.93. The van der Waals surface area contributed by atoms with Crippen LogP contribution in [0.3, 0.4) is 0 Å². The Bertz CT molecular complexity index is 732. The Morgan fingerprint density at radius 2 is 1.62 bits per heavy atom. The number of carbonyl (C=O) groups is 2. The smallest absolute Gasteiger partial charge is 0.253 e. The molecule has 0 fully saturated rings. The number of hydrogen-bond acceptors (Lipinski definition) is 2. The molecule has 0 atom stereocenters. The van der Waals surface area contributed by atoms with E-state index in [2.05, 4.69) is 10.6 Å². The third-order valence-electron chi connectivity index (χ3n) is 3.39. The van der Waals surface area contributed by atoms with Gasteiger partial charge in [-0.05, 0) is 38.0 Å². The summed E-state index contributed by atoms with van der Waals surface area (Å²) in [7, 11) is 0. The van der Waals surface area contributed by atoms with E-state index in [-0.39, 0.29) is 11.8 Å². The number of nitrogens with one attached hydrogen (secondary N) is 2. The van der Waals surface area contributed by atoms with Gasteiger partial charge in [-0.3, -0.25) is 9.59 Å². The van der Waals surface area contributed by atoms with Crippen LogP contribution in [0.1, 0.15) is 29.8 Å². The minimum atomic E-state index is -0.237. The van der Waals surface area contributed by atoms with E-state index >= 15 is 0 Å². The van der Waals surface area contributed by atoms with Crippen molar-refractivity contribution in [1.29, 1.82) is 0 Å². The molecule has 0 heterocycles.